The van der Waals surface area contributed by atoms with Crippen LogP contribution in [0.5, 0.6) is 0 Å². The minimum absolute atomic E-state index is 0.00102. The number of nitrogens with one attached hydrogen (secondary N) is 1. The van der Waals surface area contributed by atoms with Crippen molar-refractivity contribution in [3.8, 4) is 0 Å². The van der Waals surface area contributed by atoms with Crippen LogP contribution in [-0.4, -0.2) is 44.7 Å². The van der Waals surface area contributed by atoms with Gasteiger partial charge in [-0.15, -0.1) is 0 Å². The second kappa shape index (κ2) is 7.04. The molecule has 1 fully saturated rings. The molecule has 8 heteroatoms. The van der Waals surface area contributed by atoms with Crippen molar-refractivity contribution >= 4 is 37.9 Å². The highest BCUT2D eigenvalue weighted by Crippen LogP contribution is 2.13. The zero-order chi connectivity index (χ0) is 15.3. The fraction of sp³-hybridized carbons (Fsp3) is 0.385. The van der Waals surface area contributed by atoms with Crippen LogP contribution in [0.15, 0.2) is 33.9 Å². The van der Waals surface area contributed by atoms with Crippen LogP contribution >= 0.6 is 15.9 Å². The van der Waals surface area contributed by atoms with Gasteiger partial charge in [0.1, 0.15) is 0 Å². The van der Waals surface area contributed by atoms with E-state index in [2.05, 4.69) is 26.4 Å². The molecule has 1 saturated heterocycles. The predicted molar refractivity (Wildman–Crippen MR) is 82.9 cm³/mol. The van der Waals surface area contributed by atoms with Crippen LogP contribution in [0.4, 0.5) is 0 Å². The molecule has 1 amide bonds. The van der Waals surface area contributed by atoms with Gasteiger partial charge in [0.25, 0.3) is 5.91 Å². The van der Waals surface area contributed by atoms with Crippen LogP contribution in [-0.2, 0) is 19.5 Å². The highest BCUT2D eigenvalue weighted by molar-refractivity contribution is 9.10. The molecule has 1 atom stereocenters. The molecule has 0 aliphatic carbocycles. The molecule has 1 aliphatic heterocycles. The van der Waals surface area contributed by atoms with E-state index in [0.29, 0.717) is 6.42 Å². The normalized spacial score (nSPS) is 20.5. The maximum Gasteiger partial charge on any atom is 0.261 e. The van der Waals surface area contributed by atoms with Crippen LogP contribution < -0.4 is 5.32 Å². The van der Waals surface area contributed by atoms with E-state index in [4.69, 9.17) is 4.84 Å². The smallest absolute Gasteiger partial charge is 0.261 e. The molecule has 1 heterocycles. The lowest BCUT2D eigenvalue weighted by Crippen LogP contribution is -2.37. The van der Waals surface area contributed by atoms with E-state index in [9.17, 15) is 13.2 Å². The van der Waals surface area contributed by atoms with Gasteiger partial charge in [0.2, 0.25) is 0 Å². The molecule has 114 valence electrons. The van der Waals surface area contributed by atoms with Gasteiger partial charge in [0.15, 0.2) is 16.4 Å². The molecule has 0 radical (unpaired) electrons. The Morgan fingerprint density at radius 1 is 1.48 bits per heavy atom. The number of nitrogens with zero attached hydrogens (tertiary/aromatic N) is 1. The monoisotopic (exact) mass is 374 g/mol. The molecule has 0 saturated carbocycles. The summed E-state index contributed by atoms with van der Waals surface area (Å²) in [6, 6.07) is 7.14. The molecule has 1 aromatic rings. The van der Waals surface area contributed by atoms with Gasteiger partial charge in [0.05, 0.1) is 17.7 Å². The summed E-state index contributed by atoms with van der Waals surface area (Å²) in [6.45, 7) is -0.239. The van der Waals surface area contributed by atoms with Crippen molar-refractivity contribution in [3.05, 3.63) is 34.3 Å². The molecule has 2 rings (SSSR count). The van der Waals surface area contributed by atoms with Gasteiger partial charge < -0.3 is 10.2 Å². The third-order valence-corrected chi connectivity index (χ3v) is 5.45. The summed E-state index contributed by atoms with van der Waals surface area (Å²) in [7, 11) is -3.00. The first-order valence-electron chi connectivity index (χ1n) is 6.36. The van der Waals surface area contributed by atoms with Crippen LogP contribution in [0, 0.1) is 0 Å². The molecule has 1 aliphatic rings. The first kappa shape index (κ1) is 16.0. The topological polar surface area (TPSA) is 84.8 Å². The Bertz CT molecular complexity index is 645. The van der Waals surface area contributed by atoms with Crippen molar-refractivity contribution < 1.29 is 18.0 Å². The van der Waals surface area contributed by atoms with Gasteiger partial charge in [-0.05, 0) is 12.5 Å². The zero-order valence-electron chi connectivity index (χ0n) is 11.2. The summed E-state index contributed by atoms with van der Waals surface area (Å²) in [5.74, 6) is -0.251. The molecule has 1 aromatic carbocycles. The number of sulfone groups is 1. The minimum atomic E-state index is -3.00. The number of carbonyl (C=O) groups excluding carboxylic acids is 1. The number of oxime groups is 1. The Hall–Kier alpha value is -1.41. The van der Waals surface area contributed by atoms with E-state index in [-0.39, 0.29) is 30.1 Å². The second-order valence-corrected chi connectivity index (χ2v) is 7.78. The number of hydrogen-bond acceptors (Lipinski definition) is 5. The number of rotatable bonds is 5. The van der Waals surface area contributed by atoms with E-state index in [0.717, 1.165) is 10.0 Å². The van der Waals surface area contributed by atoms with Crippen LogP contribution in [0.2, 0.25) is 0 Å². The first-order valence-corrected chi connectivity index (χ1v) is 8.97. The van der Waals surface area contributed by atoms with Crippen molar-refractivity contribution in [2.75, 3.05) is 18.1 Å². The standard InChI is InChI=1S/C13H15BrN2O4S/c14-12-4-2-1-3-10(12)7-15-20-8-13(17)16-11-5-6-21(18,19)9-11/h1-4,7,11H,5-6,8-9H2,(H,16,17)/b15-7-/t11-/m1/s1. The molecule has 6 nitrogen and oxygen atoms in total. The number of hydrogen-bond donors (Lipinski definition) is 1. The Kier molecular flexibility index (Phi) is 5.35. The quantitative estimate of drug-likeness (QED) is 0.617. The Labute approximate surface area is 131 Å². The number of carbonyl (C=O) groups is 1. The van der Waals surface area contributed by atoms with Gasteiger partial charge in [-0.2, -0.15) is 0 Å². The Balaban J connectivity index is 1.74. The summed E-state index contributed by atoms with van der Waals surface area (Å²) in [5, 5.41) is 6.33. The van der Waals surface area contributed by atoms with Gasteiger partial charge >= 0.3 is 0 Å². The average Bonchev–Trinajstić information content (AvgIpc) is 2.76. The largest absolute Gasteiger partial charge is 0.386 e. The van der Waals surface area contributed by atoms with Crippen molar-refractivity contribution in [3.63, 3.8) is 0 Å². The summed E-state index contributed by atoms with van der Waals surface area (Å²) in [6.07, 6.45) is 1.95. The molecular weight excluding hydrogens is 360 g/mol. The third kappa shape index (κ3) is 5.13. The number of halogens is 1. The van der Waals surface area contributed by atoms with Crippen molar-refractivity contribution in [1.29, 1.82) is 0 Å². The van der Waals surface area contributed by atoms with Crippen LogP contribution in [0.3, 0.4) is 0 Å². The summed E-state index contributed by atoms with van der Waals surface area (Å²) >= 11 is 3.36. The molecular formula is C13H15BrN2O4S. The average molecular weight is 375 g/mol. The molecule has 0 unspecified atom stereocenters. The van der Waals surface area contributed by atoms with E-state index < -0.39 is 9.84 Å². The van der Waals surface area contributed by atoms with E-state index in [1.807, 2.05) is 24.3 Å². The van der Waals surface area contributed by atoms with E-state index >= 15 is 0 Å². The lowest BCUT2D eigenvalue weighted by atomic mass is 10.2. The van der Waals surface area contributed by atoms with Gasteiger partial charge in [-0.1, -0.05) is 39.3 Å². The second-order valence-electron chi connectivity index (χ2n) is 4.70. The SMILES string of the molecule is O=C(CO/N=C\c1ccccc1Br)N[C@@H]1CCS(=O)(=O)C1. The molecule has 21 heavy (non-hydrogen) atoms. The Morgan fingerprint density at radius 3 is 2.90 bits per heavy atom. The molecule has 1 N–H and O–H groups in total. The molecule has 0 aromatic heterocycles. The highest BCUT2D eigenvalue weighted by atomic mass is 79.9. The maximum absolute atomic E-state index is 11.6. The maximum atomic E-state index is 11.6. The van der Waals surface area contributed by atoms with E-state index in [1.165, 1.54) is 6.21 Å². The fourth-order valence-corrected chi connectivity index (χ4v) is 4.01. The van der Waals surface area contributed by atoms with Crippen LogP contribution in [0.1, 0.15) is 12.0 Å². The lowest BCUT2D eigenvalue weighted by molar-refractivity contribution is -0.126. The van der Waals surface area contributed by atoms with Gasteiger partial charge in [-0.3, -0.25) is 4.79 Å². The Morgan fingerprint density at radius 2 is 2.24 bits per heavy atom. The minimum Gasteiger partial charge on any atom is -0.386 e. The predicted octanol–water partition coefficient (Wildman–Crippen LogP) is 1.10. The molecule has 0 bridgehead atoms. The molecule has 0 spiro atoms. The zero-order valence-corrected chi connectivity index (χ0v) is 13.6. The van der Waals surface area contributed by atoms with Gasteiger partial charge in [0, 0.05) is 16.1 Å². The summed E-state index contributed by atoms with van der Waals surface area (Å²) < 4.78 is 23.4. The third-order valence-electron chi connectivity index (χ3n) is 2.96. The lowest BCUT2D eigenvalue weighted by Gasteiger charge is -2.09. The highest BCUT2D eigenvalue weighted by Gasteiger charge is 2.28. The van der Waals surface area contributed by atoms with Gasteiger partial charge in [-0.25, -0.2) is 8.42 Å². The summed E-state index contributed by atoms with van der Waals surface area (Å²) in [5.41, 5.74) is 0.833. The van der Waals surface area contributed by atoms with Crippen molar-refractivity contribution in [2.45, 2.75) is 12.5 Å². The first-order chi connectivity index (χ1) is 9.96. The van der Waals surface area contributed by atoms with Crippen molar-refractivity contribution in [1.82, 2.24) is 5.32 Å². The van der Waals surface area contributed by atoms with E-state index in [1.54, 1.807) is 0 Å². The summed E-state index contributed by atoms with van der Waals surface area (Å²) in [4.78, 5) is 16.5. The van der Waals surface area contributed by atoms with Crippen LogP contribution in [0.25, 0.3) is 0 Å². The number of amides is 1. The van der Waals surface area contributed by atoms with Crippen molar-refractivity contribution in [2.24, 2.45) is 5.16 Å². The fourth-order valence-electron chi connectivity index (χ4n) is 1.95. The number of benzene rings is 1.